The Bertz CT molecular complexity index is 591. The van der Waals surface area contributed by atoms with Gasteiger partial charge in [-0.15, -0.1) is 0 Å². The molecular weight excluding hydrogens is 395 g/mol. The zero-order valence-electron chi connectivity index (χ0n) is 16.5. The Hall–Kier alpha value is -1.30. The van der Waals surface area contributed by atoms with E-state index in [-0.39, 0.29) is 0 Å². The Balaban J connectivity index is 3.58. The van der Waals surface area contributed by atoms with Crippen LogP contribution in [0.15, 0.2) is 12.7 Å². The highest BCUT2D eigenvalue weighted by Crippen LogP contribution is 2.58. The summed E-state index contributed by atoms with van der Waals surface area (Å²) in [4.78, 5) is 11.3. The number of hydrogen-bond acceptors (Lipinski definition) is 6. The molecule has 28 heavy (non-hydrogen) atoms. The lowest BCUT2D eigenvalue weighted by Crippen LogP contribution is -2.78. The molecule has 0 bridgehead atoms. The van der Waals surface area contributed by atoms with Gasteiger partial charge in [-0.3, -0.25) is 0 Å². The first kappa shape index (κ1) is 24.7. The molecule has 0 amide bonds. The van der Waals surface area contributed by atoms with Crippen LogP contribution in [0.1, 0.15) is 34.6 Å². The van der Waals surface area contributed by atoms with Crippen LogP contribution in [0.3, 0.4) is 0 Å². The van der Waals surface area contributed by atoms with Crippen molar-refractivity contribution in [2.45, 2.75) is 70.2 Å². The molecular formula is C17H25F5O6. The largest absolute Gasteiger partial charge is 0.459 e. The molecule has 1 aliphatic rings. The molecule has 0 aromatic heterocycles. The molecule has 0 saturated carbocycles. The Morgan fingerprint density at radius 1 is 1.18 bits per heavy atom. The molecule has 0 spiro atoms. The number of rotatable bonds is 7. The molecule has 11 heteroatoms. The maximum Gasteiger partial charge on any atom is 0.450 e. The van der Waals surface area contributed by atoms with E-state index in [1.165, 1.54) is 13.8 Å². The van der Waals surface area contributed by atoms with Crippen LogP contribution in [0.2, 0.25) is 0 Å². The lowest BCUT2D eigenvalue weighted by atomic mass is 9.87. The molecule has 0 radical (unpaired) electrons. The minimum absolute atomic E-state index is 0.675. The first-order valence-corrected chi connectivity index (χ1v) is 8.33. The summed E-state index contributed by atoms with van der Waals surface area (Å²) in [6.45, 7) is 7.43. The van der Waals surface area contributed by atoms with Gasteiger partial charge in [0, 0.05) is 19.1 Å². The van der Waals surface area contributed by atoms with Gasteiger partial charge in [-0.05, 0) is 20.8 Å². The molecule has 1 aliphatic heterocycles. The van der Waals surface area contributed by atoms with Crippen LogP contribution >= 0.6 is 0 Å². The highest BCUT2D eigenvalue weighted by molar-refractivity contribution is 5.81. The highest BCUT2D eigenvalue weighted by atomic mass is 19.4. The molecule has 3 unspecified atom stereocenters. The van der Waals surface area contributed by atoms with Gasteiger partial charge in [0.05, 0.1) is 0 Å². The number of esters is 1. The number of carbonyl (C=O) groups excluding carboxylic acids is 1. The van der Waals surface area contributed by atoms with Gasteiger partial charge < -0.3 is 23.7 Å². The van der Waals surface area contributed by atoms with E-state index >= 15 is 8.78 Å². The van der Waals surface area contributed by atoms with Crippen LogP contribution in [0, 0.1) is 5.92 Å². The second-order valence-corrected chi connectivity index (χ2v) is 7.30. The van der Waals surface area contributed by atoms with Gasteiger partial charge in [-0.25, -0.2) is 4.79 Å². The van der Waals surface area contributed by atoms with E-state index in [0.29, 0.717) is 13.0 Å². The van der Waals surface area contributed by atoms with Crippen LogP contribution in [0.25, 0.3) is 0 Å². The van der Waals surface area contributed by atoms with Gasteiger partial charge in [-0.2, -0.15) is 22.0 Å². The molecule has 0 N–H and O–H groups in total. The van der Waals surface area contributed by atoms with E-state index in [9.17, 15) is 18.0 Å². The van der Waals surface area contributed by atoms with E-state index < -0.39 is 54.1 Å². The number of hydrogen-bond donors (Lipinski definition) is 0. The minimum Gasteiger partial charge on any atom is -0.459 e. The summed E-state index contributed by atoms with van der Waals surface area (Å²) in [5.74, 6) is -13.3. The van der Waals surface area contributed by atoms with Crippen molar-refractivity contribution in [3.8, 4) is 0 Å². The van der Waals surface area contributed by atoms with Crippen molar-refractivity contribution in [2.75, 3.05) is 13.7 Å². The van der Waals surface area contributed by atoms with Crippen LogP contribution in [-0.4, -0.2) is 55.3 Å². The fourth-order valence-corrected chi connectivity index (χ4v) is 2.79. The maximum atomic E-state index is 15.4. The molecule has 1 saturated heterocycles. The van der Waals surface area contributed by atoms with Crippen molar-refractivity contribution in [2.24, 2.45) is 5.92 Å². The van der Waals surface area contributed by atoms with Crippen LogP contribution in [0.4, 0.5) is 22.0 Å². The van der Waals surface area contributed by atoms with Crippen molar-refractivity contribution < 1.29 is 50.4 Å². The van der Waals surface area contributed by atoms with Gasteiger partial charge in [-0.1, -0.05) is 20.4 Å². The Morgan fingerprint density at radius 2 is 1.71 bits per heavy atom. The standard InChI is InChI=1S/C17H25F5O6/c1-8-11(23)25-9-14(6)15(18,19)16(17(20,21)22,28-13(4,5)27-14)26-12(24-7)10(2)3/h8,10,12H,1,9H2,2-7H3. The zero-order chi connectivity index (χ0) is 22.2. The van der Waals surface area contributed by atoms with E-state index in [2.05, 4.69) is 11.3 Å². The smallest absolute Gasteiger partial charge is 0.450 e. The lowest BCUT2D eigenvalue weighted by Gasteiger charge is -2.56. The average Bonchev–Trinajstić information content (AvgIpc) is 2.52. The minimum atomic E-state index is -5.70. The lowest BCUT2D eigenvalue weighted by molar-refractivity contribution is -0.561. The van der Waals surface area contributed by atoms with E-state index in [1.807, 2.05) is 0 Å². The summed E-state index contributed by atoms with van der Waals surface area (Å²) in [5, 5.41) is 0. The first-order chi connectivity index (χ1) is 12.5. The van der Waals surface area contributed by atoms with Crippen LogP contribution in [0.5, 0.6) is 0 Å². The number of alkyl halides is 5. The van der Waals surface area contributed by atoms with Gasteiger partial charge >= 0.3 is 23.9 Å². The van der Waals surface area contributed by atoms with Crippen molar-refractivity contribution >= 4 is 5.97 Å². The average molecular weight is 420 g/mol. The van der Waals surface area contributed by atoms with Gasteiger partial charge in [0.2, 0.25) is 0 Å². The van der Waals surface area contributed by atoms with Crippen molar-refractivity contribution in [3.63, 3.8) is 0 Å². The van der Waals surface area contributed by atoms with Gasteiger partial charge in [0.25, 0.3) is 0 Å². The normalized spacial score (nSPS) is 30.7. The Morgan fingerprint density at radius 3 is 2.11 bits per heavy atom. The molecule has 0 aromatic carbocycles. The number of halogens is 5. The van der Waals surface area contributed by atoms with E-state index in [1.54, 1.807) is 0 Å². The van der Waals surface area contributed by atoms with Crippen molar-refractivity contribution in [3.05, 3.63) is 12.7 Å². The zero-order valence-corrected chi connectivity index (χ0v) is 16.5. The number of methoxy groups -OCH3 is 1. The molecule has 0 aromatic rings. The van der Waals surface area contributed by atoms with Gasteiger partial charge in [0.15, 0.2) is 17.7 Å². The summed E-state index contributed by atoms with van der Waals surface area (Å²) in [6.07, 6.45) is -6.70. The quantitative estimate of drug-likeness (QED) is 0.270. The van der Waals surface area contributed by atoms with Crippen molar-refractivity contribution in [1.29, 1.82) is 0 Å². The summed E-state index contributed by atoms with van der Waals surface area (Å²) in [5.41, 5.74) is -2.95. The monoisotopic (exact) mass is 420 g/mol. The molecule has 164 valence electrons. The SMILES string of the molecule is C=CC(=O)OCC1(C)OC(C)(C)OC(OC(OC)C(C)C)(C(F)(F)F)C1(F)F. The van der Waals surface area contributed by atoms with Gasteiger partial charge in [0.1, 0.15) is 6.61 Å². The Labute approximate surface area is 159 Å². The predicted octanol–water partition coefficient (Wildman–Crippen LogP) is 3.80. The fraction of sp³-hybridized carbons (Fsp3) is 0.824. The van der Waals surface area contributed by atoms with E-state index in [4.69, 9.17) is 18.9 Å². The summed E-state index contributed by atoms with van der Waals surface area (Å²) in [6, 6.07) is 0. The highest BCUT2D eigenvalue weighted by Gasteiger charge is 2.84. The third-order valence-corrected chi connectivity index (χ3v) is 4.03. The molecule has 0 aliphatic carbocycles. The second-order valence-electron chi connectivity index (χ2n) is 7.30. The second kappa shape index (κ2) is 7.85. The summed E-state index contributed by atoms with van der Waals surface area (Å²) >= 11 is 0. The van der Waals surface area contributed by atoms with Crippen LogP contribution < -0.4 is 0 Å². The third-order valence-electron chi connectivity index (χ3n) is 4.03. The molecule has 1 rings (SSSR count). The molecule has 3 atom stereocenters. The van der Waals surface area contributed by atoms with Crippen molar-refractivity contribution in [1.82, 2.24) is 0 Å². The molecule has 1 fully saturated rings. The van der Waals surface area contributed by atoms with E-state index in [0.717, 1.165) is 21.0 Å². The predicted molar refractivity (Wildman–Crippen MR) is 86.3 cm³/mol. The number of carbonyl (C=O) groups is 1. The molecule has 6 nitrogen and oxygen atoms in total. The van der Waals surface area contributed by atoms with Crippen LogP contribution in [-0.2, 0) is 28.5 Å². The topological polar surface area (TPSA) is 63.2 Å². The molecule has 1 heterocycles. The third kappa shape index (κ3) is 4.32. The summed E-state index contributed by atoms with van der Waals surface area (Å²) in [7, 11) is 1.02. The summed E-state index contributed by atoms with van der Waals surface area (Å²) < 4.78 is 96.8. The maximum absolute atomic E-state index is 15.4. The first-order valence-electron chi connectivity index (χ1n) is 8.33. The fourth-order valence-electron chi connectivity index (χ4n) is 2.79. The number of ether oxygens (including phenoxy) is 5. The Kier molecular flexibility index (Phi) is 6.93.